The summed E-state index contributed by atoms with van der Waals surface area (Å²) in [7, 11) is 0. The zero-order chi connectivity index (χ0) is 10.2. The molecule has 0 spiro atoms. The van der Waals surface area contributed by atoms with Crippen molar-refractivity contribution in [3.05, 3.63) is 22.2 Å². The zero-order valence-electron chi connectivity index (χ0n) is 6.71. The minimum atomic E-state index is -1.33. The van der Waals surface area contributed by atoms with Gasteiger partial charge < -0.3 is 15.3 Å². The fraction of sp³-hybridized carbons (Fsp3) is 0.125. The molecule has 0 aliphatic carbocycles. The van der Waals surface area contributed by atoms with E-state index in [0.717, 1.165) is 6.07 Å². The van der Waals surface area contributed by atoms with Gasteiger partial charge in [-0.1, -0.05) is 11.6 Å². The standard InChI is InChI=1S/C8H7ClO4/c1-3-4(9)2-5(10)7(11)6(3)8(12)13/h2,10-11H,1H3,(H,12,13). The number of phenolic OH excluding ortho intramolecular Hbond substituents is 1. The molecule has 0 aliphatic rings. The van der Waals surface area contributed by atoms with Gasteiger partial charge in [-0.2, -0.15) is 0 Å². The SMILES string of the molecule is Cc1c(Cl)cc(O)c(O)c1C(=O)O. The molecule has 1 rings (SSSR count). The molecule has 0 saturated heterocycles. The molecule has 5 heteroatoms. The van der Waals surface area contributed by atoms with Gasteiger partial charge in [-0.05, 0) is 12.5 Å². The summed E-state index contributed by atoms with van der Waals surface area (Å²) in [5.41, 5.74) is -0.144. The summed E-state index contributed by atoms with van der Waals surface area (Å²) in [5, 5.41) is 27.0. The van der Waals surface area contributed by atoms with Crippen molar-refractivity contribution < 1.29 is 20.1 Å². The Bertz CT molecular complexity index is 347. The Kier molecular flexibility index (Phi) is 2.34. The van der Waals surface area contributed by atoms with Crippen LogP contribution in [0.4, 0.5) is 0 Å². The summed E-state index contributed by atoms with van der Waals surface area (Å²) >= 11 is 5.60. The topological polar surface area (TPSA) is 77.8 Å². The predicted molar refractivity (Wildman–Crippen MR) is 46.5 cm³/mol. The molecule has 0 aromatic heterocycles. The van der Waals surface area contributed by atoms with E-state index < -0.39 is 17.5 Å². The van der Waals surface area contributed by atoms with E-state index in [1.807, 2.05) is 0 Å². The number of carbonyl (C=O) groups is 1. The Morgan fingerprint density at radius 3 is 2.46 bits per heavy atom. The molecule has 0 amide bonds. The van der Waals surface area contributed by atoms with Gasteiger partial charge in [0.05, 0.1) is 0 Å². The Balaban J connectivity index is 3.56. The second-order valence-electron chi connectivity index (χ2n) is 2.53. The summed E-state index contributed by atoms with van der Waals surface area (Å²) in [5.74, 6) is -2.52. The minimum absolute atomic E-state index is 0.104. The monoisotopic (exact) mass is 202 g/mol. The summed E-state index contributed by atoms with van der Waals surface area (Å²) in [6, 6.07) is 1.10. The van der Waals surface area contributed by atoms with E-state index in [4.69, 9.17) is 21.8 Å². The van der Waals surface area contributed by atoms with E-state index in [-0.39, 0.29) is 16.1 Å². The van der Waals surface area contributed by atoms with Crippen LogP contribution in [-0.2, 0) is 0 Å². The van der Waals surface area contributed by atoms with E-state index in [9.17, 15) is 9.90 Å². The summed E-state index contributed by atoms with van der Waals surface area (Å²) < 4.78 is 0. The molecule has 1 aromatic rings. The van der Waals surface area contributed by atoms with Crippen LogP contribution in [0.1, 0.15) is 15.9 Å². The summed E-state index contributed by atoms with van der Waals surface area (Å²) in [6.07, 6.45) is 0. The van der Waals surface area contributed by atoms with Crippen LogP contribution in [0.2, 0.25) is 5.02 Å². The van der Waals surface area contributed by atoms with Gasteiger partial charge in [-0.3, -0.25) is 0 Å². The van der Waals surface area contributed by atoms with Gasteiger partial charge in [0.25, 0.3) is 0 Å². The molecular formula is C8H7ClO4. The number of carboxylic acids is 1. The van der Waals surface area contributed by atoms with Crippen LogP contribution in [0.5, 0.6) is 11.5 Å². The maximum atomic E-state index is 10.6. The number of hydrogen-bond donors (Lipinski definition) is 3. The maximum Gasteiger partial charge on any atom is 0.339 e. The van der Waals surface area contributed by atoms with Gasteiger partial charge in [0.2, 0.25) is 0 Å². The van der Waals surface area contributed by atoms with Crippen molar-refractivity contribution in [2.45, 2.75) is 6.92 Å². The van der Waals surface area contributed by atoms with Crippen molar-refractivity contribution in [1.29, 1.82) is 0 Å². The first-order valence-electron chi connectivity index (χ1n) is 3.39. The second-order valence-corrected chi connectivity index (χ2v) is 2.94. The highest BCUT2D eigenvalue weighted by atomic mass is 35.5. The van der Waals surface area contributed by atoms with Crippen molar-refractivity contribution in [1.82, 2.24) is 0 Å². The van der Waals surface area contributed by atoms with Gasteiger partial charge >= 0.3 is 5.97 Å². The average Bonchev–Trinajstić information content (AvgIpc) is 2.01. The highest BCUT2D eigenvalue weighted by Gasteiger charge is 2.18. The Hall–Kier alpha value is -1.42. The van der Waals surface area contributed by atoms with Crippen LogP contribution in [0.3, 0.4) is 0 Å². The molecule has 13 heavy (non-hydrogen) atoms. The number of carboxylic acid groups (broad SMARTS) is 1. The molecule has 0 fully saturated rings. The van der Waals surface area contributed by atoms with Gasteiger partial charge in [0.1, 0.15) is 5.56 Å². The van der Waals surface area contributed by atoms with Crippen molar-refractivity contribution in [3.63, 3.8) is 0 Å². The van der Waals surface area contributed by atoms with Crippen LogP contribution in [-0.4, -0.2) is 21.3 Å². The van der Waals surface area contributed by atoms with Crippen LogP contribution in [0.25, 0.3) is 0 Å². The van der Waals surface area contributed by atoms with Crippen molar-refractivity contribution in [2.75, 3.05) is 0 Å². The summed E-state index contributed by atoms with van der Waals surface area (Å²) in [4.78, 5) is 10.6. The fourth-order valence-electron chi connectivity index (χ4n) is 0.983. The number of aromatic hydroxyl groups is 2. The number of halogens is 1. The molecule has 0 bridgehead atoms. The third-order valence-corrected chi connectivity index (χ3v) is 2.08. The molecule has 4 nitrogen and oxygen atoms in total. The van der Waals surface area contributed by atoms with Crippen LogP contribution in [0.15, 0.2) is 6.07 Å². The van der Waals surface area contributed by atoms with Crippen LogP contribution >= 0.6 is 11.6 Å². The van der Waals surface area contributed by atoms with E-state index in [2.05, 4.69) is 0 Å². The average molecular weight is 203 g/mol. The highest BCUT2D eigenvalue weighted by molar-refractivity contribution is 6.32. The molecule has 0 heterocycles. The second kappa shape index (κ2) is 3.14. The third kappa shape index (κ3) is 1.53. The van der Waals surface area contributed by atoms with Gasteiger partial charge in [0.15, 0.2) is 11.5 Å². The first-order valence-corrected chi connectivity index (χ1v) is 3.77. The molecule has 0 atom stereocenters. The molecule has 0 saturated carbocycles. The predicted octanol–water partition coefficient (Wildman–Crippen LogP) is 1.76. The van der Waals surface area contributed by atoms with Gasteiger partial charge in [-0.25, -0.2) is 4.79 Å². The van der Waals surface area contributed by atoms with Gasteiger partial charge in [-0.15, -0.1) is 0 Å². The number of benzene rings is 1. The van der Waals surface area contributed by atoms with E-state index >= 15 is 0 Å². The number of aromatic carboxylic acids is 1. The van der Waals surface area contributed by atoms with Crippen LogP contribution < -0.4 is 0 Å². The van der Waals surface area contributed by atoms with Crippen LogP contribution in [0, 0.1) is 6.92 Å². The first kappa shape index (κ1) is 9.67. The maximum absolute atomic E-state index is 10.6. The molecule has 1 aromatic carbocycles. The number of hydrogen-bond acceptors (Lipinski definition) is 3. The first-order chi connectivity index (χ1) is 5.95. The molecular weight excluding hydrogens is 196 g/mol. The van der Waals surface area contributed by atoms with Gasteiger partial charge in [0, 0.05) is 11.1 Å². The Morgan fingerprint density at radius 2 is 2.00 bits per heavy atom. The quantitative estimate of drug-likeness (QED) is 0.607. The summed E-state index contributed by atoms with van der Waals surface area (Å²) in [6.45, 7) is 1.45. The Labute approximate surface area is 79.0 Å². The largest absolute Gasteiger partial charge is 0.504 e. The minimum Gasteiger partial charge on any atom is -0.504 e. The molecule has 0 aliphatic heterocycles. The fourth-order valence-corrected chi connectivity index (χ4v) is 1.18. The number of rotatable bonds is 1. The molecule has 70 valence electrons. The molecule has 0 unspecified atom stereocenters. The normalized spacial score (nSPS) is 10.0. The van der Waals surface area contributed by atoms with Crippen molar-refractivity contribution >= 4 is 17.6 Å². The molecule has 0 radical (unpaired) electrons. The van der Waals surface area contributed by atoms with E-state index in [1.165, 1.54) is 6.92 Å². The lowest BCUT2D eigenvalue weighted by Gasteiger charge is -2.07. The smallest absolute Gasteiger partial charge is 0.339 e. The lowest BCUT2D eigenvalue weighted by Crippen LogP contribution is -2.00. The number of phenols is 2. The Morgan fingerprint density at radius 1 is 1.46 bits per heavy atom. The van der Waals surface area contributed by atoms with E-state index in [0.29, 0.717) is 0 Å². The zero-order valence-corrected chi connectivity index (χ0v) is 7.46. The lowest BCUT2D eigenvalue weighted by atomic mass is 10.1. The van der Waals surface area contributed by atoms with Crippen molar-refractivity contribution in [2.24, 2.45) is 0 Å². The lowest BCUT2D eigenvalue weighted by molar-refractivity contribution is 0.0692. The van der Waals surface area contributed by atoms with Crippen molar-refractivity contribution in [3.8, 4) is 11.5 Å². The van der Waals surface area contributed by atoms with E-state index in [1.54, 1.807) is 0 Å². The highest BCUT2D eigenvalue weighted by Crippen LogP contribution is 2.35. The third-order valence-electron chi connectivity index (χ3n) is 1.69. The molecule has 3 N–H and O–H groups in total.